The molecule has 0 spiro atoms. The van der Waals surface area contributed by atoms with Crippen LogP contribution in [0.3, 0.4) is 0 Å². The van der Waals surface area contributed by atoms with Crippen LogP contribution in [-0.2, 0) is 14.3 Å². The lowest BCUT2D eigenvalue weighted by Gasteiger charge is -2.30. The van der Waals surface area contributed by atoms with Gasteiger partial charge in [-0.1, -0.05) is 0 Å². The number of methoxy groups -OCH3 is 1. The Morgan fingerprint density at radius 3 is 2.19 bits per heavy atom. The van der Waals surface area contributed by atoms with Crippen molar-refractivity contribution >= 4 is 11.9 Å². The van der Waals surface area contributed by atoms with Crippen LogP contribution in [0.2, 0.25) is 0 Å². The Hall–Kier alpha value is -2.31. The lowest BCUT2D eigenvalue weighted by Crippen LogP contribution is -2.53. The van der Waals surface area contributed by atoms with Crippen molar-refractivity contribution in [2.75, 3.05) is 20.3 Å². The van der Waals surface area contributed by atoms with E-state index in [1.807, 2.05) is 5.32 Å². The summed E-state index contributed by atoms with van der Waals surface area (Å²) in [5, 5.41) is 32.6. The predicted octanol–water partition coefficient (Wildman–Crippen LogP) is 1.14. The zero-order valence-electron chi connectivity index (χ0n) is 16.9. The molecule has 31 heavy (non-hydrogen) atoms. The molecule has 0 fully saturated rings. The van der Waals surface area contributed by atoms with Crippen molar-refractivity contribution in [3.05, 3.63) is 0 Å². The van der Waals surface area contributed by atoms with Gasteiger partial charge in [-0.15, -0.1) is 0 Å². The Kier molecular flexibility index (Phi) is 11.0. The number of carbonyl (C=O) groups is 1. The molecule has 0 saturated heterocycles. The molecule has 0 saturated carbocycles. The highest BCUT2D eigenvalue weighted by Gasteiger charge is 2.58. The van der Waals surface area contributed by atoms with E-state index in [1.54, 1.807) is 0 Å². The van der Waals surface area contributed by atoms with Crippen LogP contribution in [0.25, 0.3) is 0 Å². The lowest BCUT2D eigenvalue weighted by molar-refractivity contribution is -0.325. The molecule has 1 amide bonds. The van der Waals surface area contributed by atoms with Gasteiger partial charge in [0.1, 0.15) is 5.60 Å². The molecule has 15 heteroatoms. The number of carbonyl (C=O) groups excluding carboxylic acids is 1. The second-order valence-electron chi connectivity index (χ2n) is 6.84. The number of alkyl halides is 6. The zero-order valence-corrected chi connectivity index (χ0v) is 16.9. The van der Waals surface area contributed by atoms with E-state index < -0.39 is 48.7 Å². The minimum atomic E-state index is -5.74. The molecule has 2 atom stereocenters. The summed E-state index contributed by atoms with van der Waals surface area (Å²) in [6, 6.07) is -1.29. The summed E-state index contributed by atoms with van der Waals surface area (Å²) in [6.45, 7) is 1.42. The molecular weight excluding hydrogens is 440 g/mol. The van der Waals surface area contributed by atoms with Crippen LogP contribution in [0.5, 0.6) is 0 Å². The molecule has 1 unspecified atom stereocenters. The number of nitrogens with zero attached hydrogens (tertiary/aromatic N) is 1. The molecule has 0 radical (unpaired) electrons. The Bertz CT molecular complexity index is 621. The highest BCUT2D eigenvalue weighted by molar-refractivity contribution is 5.84. The average Bonchev–Trinajstić information content (AvgIpc) is 2.61. The smallest absolute Gasteiger partial charge is 0.389 e. The van der Waals surface area contributed by atoms with Crippen LogP contribution in [0, 0.1) is 16.9 Å². The van der Waals surface area contributed by atoms with Crippen LogP contribution in [0.1, 0.15) is 26.7 Å². The summed E-state index contributed by atoms with van der Waals surface area (Å²) in [5.74, 6) is -1.11. The van der Waals surface area contributed by atoms with Crippen LogP contribution in [-0.4, -0.2) is 73.4 Å². The highest BCUT2D eigenvalue weighted by Crippen LogP contribution is 2.35. The van der Waals surface area contributed by atoms with E-state index in [0.717, 1.165) is 0 Å². The van der Waals surface area contributed by atoms with Gasteiger partial charge in [0.15, 0.2) is 6.19 Å². The Morgan fingerprint density at radius 1 is 1.19 bits per heavy atom. The quantitative estimate of drug-likeness (QED) is 0.0770. The highest BCUT2D eigenvalue weighted by atomic mass is 19.4. The maximum atomic E-state index is 12.6. The van der Waals surface area contributed by atoms with Gasteiger partial charge in [-0.2, -0.15) is 31.6 Å². The van der Waals surface area contributed by atoms with E-state index >= 15 is 0 Å². The molecule has 180 valence electrons. The third-order valence-corrected chi connectivity index (χ3v) is 4.04. The van der Waals surface area contributed by atoms with Gasteiger partial charge >= 0.3 is 12.4 Å². The Labute approximate surface area is 174 Å². The van der Waals surface area contributed by atoms with Gasteiger partial charge in [0, 0.05) is 13.7 Å². The first-order valence-electron chi connectivity index (χ1n) is 8.83. The fraction of sp³-hybridized carbons (Fsp3) is 0.812. The van der Waals surface area contributed by atoms with Crippen LogP contribution in [0.15, 0.2) is 0 Å². The van der Waals surface area contributed by atoms with Crippen molar-refractivity contribution in [2.45, 2.75) is 62.9 Å². The van der Waals surface area contributed by atoms with Gasteiger partial charge < -0.3 is 25.2 Å². The molecule has 0 rings (SSSR count). The first kappa shape index (κ1) is 28.7. The third kappa shape index (κ3) is 10.5. The molecule has 0 aromatic carbocycles. The van der Waals surface area contributed by atoms with Gasteiger partial charge in [0.25, 0.3) is 5.91 Å². The molecule has 0 aromatic rings. The van der Waals surface area contributed by atoms with Crippen molar-refractivity contribution in [1.82, 2.24) is 16.0 Å². The van der Waals surface area contributed by atoms with Gasteiger partial charge in [0.2, 0.25) is 12.1 Å². The van der Waals surface area contributed by atoms with Gasteiger partial charge in [0.05, 0.1) is 18.8 Å². The van der Waals surface area contributed by atoms with Crippen LogP contribution < -0.4 is 16.0 Å². The number of hydrogen-bond acceptors (Lipinski definition) is 6. The number of amides is 1. The van der Waals surface area contributed by atoms with Gasteiger partial charge in [-0.25, -0.2) is 0 Å². The summed E-state index contributed by atoms with van der Waals surface area (Å²) in [7, 11) is 1.21. The summed E-state index contributed by atoms with van der Waals surface area (Å²) in [4.78, 5) is 12.2. The molecule has 9 nitrogen and oxygen atoms in total. The maximum absolute atomic E-state index is 12.6. The van der Waals surface area contributed by atoms with Crippen LogP contribution >= 0.6 is 0 Å². The number of nitrogens with one attached hydrogen (secondary N) is 4. The van der Waals surface area contributed by atoms with Crippen molar-refractivity contribution in [1.29, 1.82) is 10.7 Å². The fourth-order valence-electron chi connectivity index (χ4n) is 2.12. The van der Waals surface area contributed by atoms with Gasteiger partial charge in [-0.05, 0) is 26.7 Å². The third-order valence-electron chi connectivity index (χ3n) is 4.04. The molecule has 0 aromatic heterocycles. The van der Waals surface area contributed by atoms with Crippen molar-refractivity contribution < 1.29 is 45.7 Å². The molecule has 0 aliphatic carbocycles. The summed E-state index contributed by atoms with van der Waals surface area (Å²) < 4.78 is 84.4. The van der Waals surface area contributed by atoms with E-state index in [9.17, 15) is 36.2 Å². The molecule has 0 heterocycles. The SMILES string of the molecule is COC(C)(C)C(=O)N[C@@H](CCCNC(=N)NC#N)C(O)COC(C(F)(F)F)C(F)(F)F. The second kappa shape index (κ2) is 11.9. The molecule has 5 N–H and O–H groups in total. The number of halogens is 6. The zero-order chi connectivity index (χ0) is 24.5. The number of aliphatic hydroxyl groups is 1. The number of nitriles is 1. The van der Waals surface area contributed by atoms with Crippen molar-refractivity contribution in [2.24, 2.45) is 0 Å². The minimum absolute atomic E-state index is 0.0505. The normalized spacial score (nSPS) is 14.5. The predicted molar refractivity (Wildman–Crippen MR) is 94.6 cm³/mol. The monoisotopic (exact) mass is 465 g/mol. The summed E-state index contributed by atoms with van der Waals surface area (Å²) in [6.07, 6.45) is -16.0. The van der Waals surface area contributed by atoms with E-state index in [1.165, 1.54) is 27.2 Å². The van der Waals surface area contributed by atoms with Crippen molar-refractivity contribution in [3.8, 4) is 6.19 Å². The molecule has 0 aliphatic rings. The van der Waals surface area contributed by atoms with E-state index in [4.69, 9.17) is 15.4 Å². The van der Waals surface area contributed by atoms with Crippen LogP contribution in [0.4, 0.5) is 26.3 Å². The minimum Gasteiger partial charge on any atom is -0.389 e. The standard InChI is InChI=1S/C16H25F6N5O4/c1-14(2,30-3)12(29)27-9(5-4-6-25-13(24)26-8-23)10(28)7-31-11(15(17,18)19)16(20,21)22/h9-11,28H,4-7H2,1-3H3,(H,27,29)(H3,24,25,26)/t9-,10?/m0/s1. The van der Waals surface area contributed by atoms with E-state index in [0.29, 0.717) is 0 Å². The first-order chi connectivity index (χ1) is 14.1. The second-order valence-corrected chi connectivity index (χ2v) is 6.84. The molecular formula is C16H25F6N5O4. The van der Waals surface area contributed by atoms with E-state index in [2.05, 4.69) is 15.4 Å². The van der Waals surface area contributed by atoms with Gasteiger partial charge in [-0.3, -0.25) is 15.5 Å². The number of guanidine groups is 1. The lowest BCUT2D eigenvalue weighted by atomic mass is 10.0. The number of rotatable bonds is 11. The maximum Gasteiger partial charge on any atom is 0.423 e. The number of hydrogen-bond donors (Lipinski definition) is 5. The molecule has 0 aliphatic heterocycles. The topological polar surface area (TPSA) is 139 Å². The summed E-state index contributed by atoms with van der Waals surface area (Å²) in [5.41, 5.74) is -1.39. The summed E-state index contributed by atoms with van der Waals surface area (Å²) >= 11 is 0. The van der Waals surface area contributed by atoms with Crippen molar-refractivity contribution in [3.63, 3.8) is 0 Å². The average molecular weight is 465 g/mol. The number of aliphatic hydroxyl groups excluding tert-OH is 1. The number of ether oxygens (including phenoxy) is 2. The Balaban J connectivity index is 5.18. The fourth-order valence-corrected chi connectivity index (χ4v) is 2.12. The largest absolute Gasteiger partial charge is 0.423 e. The van der Waals surface area contributed by atoms with E-state index in [-0.39, 0.29) is 25.3 Å². The molecule has 0 bridgehead atoms. The Morgan fingerprint density at radius 2 is 1.74 bits per heavy atom. The first-order valence-corrected chi connectivity index (χ1v) is 8.83.